The van der Waals surface area contributed by atoms with Crippen molar-refractivity contribution in [1.82, 2.24) is 9.97 Å². The normalized spacial score (nSPS) is 10.3. The number of nitrogens with two attached hydrogens (primary N) is 1. The van der Waals surface area contributed by atoms with Gasteiger partial charge in [-0.3, -0.25) is 0 Å². The van der Waals surface area contributed by atoms with Gasteiger partial charge in [0.1, 0.15) is 12.1 Å². The summed E-state index contributed by atoms with van der Waals surface area (Å²) in [7, 11) is 1.64. The van der Waals surface area contributed by atoms with Crippen LogP contribution in [0.4, 0.5) is 5.82 Å². The zero-order valence-corrected chi connectivity index (χ0v) is 8.61. The summed E-state index contributed by atoms with van der Waals surface area (Å²) in [6.45, 7) is 1.96. The van der Waals surface area contributed by atoms with Crippen molar-refractivity contribution in [3.8, 4) is 5.75 Å². The smallest absolute Gasteiger partial charge is 0.151 e. The Kier molecular flexibility index (Phi) is 2.39. The maximum absolute atomic E-state index is 5.37. The number of aromatic nitrogens is 2. The van der Waals surface area contributed by atoms with E-state index < -0.39 is 0 Å². The first-order chi connectivity index (χ1) is 7.26. The Hall–Kier alpha value is -1.88. The standard InChI is InChI=1S/C10H12N4O/c1-6-3-7-8(4-9(6)15-2)12-5-13-10(7)14-11/h3-5H,11H2,1-2H3,(H,12,13,14). The monoisotopic (exact) mass is 204 g/mol. The number of nitrogen functional groups attached to an aromatic ring is 1. The molecule has 3 N–H and O–H groups in total. The minimum absolute atomic E-state index is 0.616. The van der Waals surface area contributed by atoms with Crippen LogP contribution in [0.15, 0.2) is 18.5 Å². The number of methoxy groups -OCH3 is 1. The van der Waals surface area contributed by atoms with Crippen molar-refractivity contribution in [3.63, 3.8) is 0 Å². The number of anilines is 1. The van der Waals surface area contributed by atoms with Crippen LogP contribution in [0.25, 0.3) is 10.9 Å². The first-order valence-corrected chi connectivity index (χ1v) is 4.52. The minimum atomic E-state index is 0.616. The predicted octanol–water partition coefficient (Wildman–Crippen LogP) is 1.23. The molecule has 0 fully saturated rings. The van der Waals surface area contributed by atoms with Crippen molar-refractivity contribution in [2.75, 3.05) is 12.5 Å². The zero-order chi connectivity index (χ0) is 10.8. The van der Waals surface area contributed by atoms with Crippen molar-refractivity contribution >= 4 is 16.7 Å². The van der Waals surface area contributed by atoms with Gasteiger partial charge in [0, 0.05) is 11.5 Å². The number of nitrogens with one attached hydrogen (secondary N) is 1. The molecule has 0 saturated carbocycles. The van der Waals surface area contributed by atoms with Gasteiger partial charge in [-0.2, -0.15) is 0 Å². The molecule has 1 heterocycles. The van der Waals surface area contributed by atoms with Crippen LogP contribution in [-0.4, -0.2) is 17.1 Å². The van der Waals surface area contributed by atoms with Crippen LogP contribution in [0.2, 0.25) is 0 Å². The number of hydrazine groups is 1. The molecule has 78 valence electrons. The van der Waals surface area contributed by atoms with Gasteiger partial charge < -0.3 is 10.2 Å². The van der Waals surface area contributed by atoms with Gasteiger partial charge in [-0.15, -0.1) is 0 Å². The van der Waals surface area contributed by atoms with Crippen molar-refractivity contribution in [1.29, 1.82) is 0 Å². The lowest BCUT2D eigenvalue weighted by Crippen LogP contribution is -2.09. The number of benzene rings is 1. The Morgan fingerprint density at radius 2 is 2.13 bits per heavy atom. The summed E-state index contributed by atoms with van der Waals surface area (Å²) < 4.78 is 5.21. The summed E-state index contributed by atoms with van der Waals surface area (Å²) in [4.78, 5) is 8.19. The fourth-order valence-corrected chi connectivity index (χ4v) is 1.53. The number of hydrogen-bond donors (Lipinski definition) is 2. The minimum Gasteiger partial charge on any atom is -0.496 e. The van der Waals surface area contributed by atoms with Gasteiger partial charge in [-0.05, 0) is 18.6 Å². The summed E-state index contributed by atoms with van der Waals surface area (Å²) in [5.74, 6) is 6.79. The van der Waals surface area contributed by atoms with Gasteiger partial charge in [0.05, 0.1) is 12.6 Å². The molecule has 0 bridgehead atoms. The van der Waals surface area contributed by atoms with E-state index in [-0.39, 0.29) is 0 Å². The molecule has 0 radical (unpaired) electrons. The van der Waals surface area contributed by atoms with E-state index >= 15 is 0 Å². The molecule has 0 saturated heterocycles. The maximum atomic E-state index is 5.37. The zero-order valence-electron chi connectivity index (χ0n) is 8.61. The highest BCUT2D eigenvalue weighted by molar-refractivity contribution is 5.90. The molecule has 2 rings (SSSR count). The van der Waals surface area contributed by atoms with Crippen LogP contribution in [0.1, 0.15) is 5.56 Å². The summed E-state index contributed by atoms with van der Waals surface area (Å²) in [5.41, 5.74) is 4.37. The average molecular weight is 204 g/mol. The Labute approximate surface area is 87.3 Å². The van der Waals surface area contributed by atoms with Gasteiger partial charge in [-0.25, -0.2) is 15.8 Å². The number of hydrogen-bond acceptors (Lipinski definition) is 5. The van der Waals surface area contributed by atoms with Gasteiger partial charge >= 0.3 is 0 Å². The molecule has 0 amide bonds. The van der Waals surface area contributed by atoms with Crippen LogP contribution >= 0.6 is 0 Å². The molecule has 2 aromatic rings. The highest BCUT2D eigenvalue weighted by Crippen LogP contribution is 2.26. The highest BCUT2D eigenvalue weighted by atomic mass is 16.5. The Morgan fingerprint density at radius 3 is 2.80 bits per heavy atom. The van der Waals surface area contributed by atoms with Crippen molar-refractivity contribution in [2.45, 2.75) is 6.92 Å². The lowest BCUT2D eigenvalue weighted by atomic mass is 10.1. The Balaban J connectivity index is 2.74. The maximum Gasteiger partial charge on any atom is 0.151 e. The van der Waals surface area contributed by atoms with E-state index in [1.165, 1.54) is 6.33 Å². The van der Waals surface area contributed by atoms with Gasteiger partial charge in [-0.1, -0.05) is 0 Å². The van der Waals surface area contributed by atoms with Crippen molar-refractivity contribution in [3.05, 3.63) is 24.0 Å². The highest BCUT2D eigenvalue weighted by Gasteiger charge is 2.06. The third-order valence-corrected chi connectivity index (χ3v) is 2.29. The van der Waals surface area contributed by atoms with E-state index in [4.69, 9.17) is 10.6 Å². The molecule has 0 unspecified atom stereocenters. The number of fused-ring (bicyclic) bond motifs is 1. The van der Waals surface area contributed by atoms with Crippen LogP contribution in [-0.2, 0) is 0 Å². The molecule has 1 aromatic heterocycles. The quantitative estimate of drug-likeness (QED) is 0.568. The largest absolute Gasteiger partial charge is 0.496 e. The number of nitrogens with zero attached hydrogens (tertiary/aromatic N) is 2. The molecule has 5 heteroatoms. The summed E-state index contributed by atoms with van der Waals surface area (Å²) in [5, 5.41) is 0.887. The fraction of sp³-hybridized carbons (Fsp3) is 0.200. The Bertz CT molecular complexity index is 498. The third-order valence-electron chi connectivity index (χ3n) is 2.29. The van der Waals surface area contributed by atoms with Crippen LogP contribution in [0.5, 0.6) is 5.75 Å². The first kappa shape index (κ1) is 9.67. The molecule has 0 atom stereocenters. The summed E-state index contributed by atoms with van der Waals surface area (Å²) in [6.07, 6.45) is 1.46. The number of aryl methyl sites for hydroxylation is 1. The topological polar surface area (TPSA) is 73.1 Å². The lowest BCUT2D eigenvalue weighted by molar-refractivity contribution is 0.412. The van der Waals surface area contributed by atoms with Gasteiger partial charge in [0.15, 0.2) is 5.82 Å². The van der Waals surface area contributed by atoms with Gasteiger partial charge in [0.25, 0.3) is 0 Å². The number of rotatable bonds is 2. The van der Waals surface area contributed by atoms with Crippen LogP contribution < -0.4 is 16.0 Å². The molecule has 5 nitrogen and oxygen atoms in total. The molecule has 0 aliphatic carbocycles. The van der Waals surface area contributed by atoms with E-state index in [0.29, 0.717) is 5.82 Å². The SMILES string of the molecule is COc1cc2ncnc(NN)c2cc1C. The average Bonchev–Trinajstić information content (AvgIpc) is 2.27. The molecule has 0 aliphatic rings. The van der Waals surface area contributed by atoms with E-state index in [1.54, 1.807) is 7.11 Å². The van der Waals surface area contributed by atoms with Crippen LogP contribution in [0.3, 0.4) is 0 Å². The van der Waals surface area contributed by atoms with E-state index in [2.05, 4.69) is 15.4 Å². The second-order valence-electron chi connectivity index (χ2n) is 3.21. The van der Waals surface area contributed by atoms with E-state index in [9.17, 15) is 0 Å². The van der Waals surface area contributed by atoms with E-state index in [1.807, 2.05) is 19.1 Å². The Morgan fingerprint density at radius 1 is 1.33 bits per heavy atom. The fourth-order valence-electron chi connectivity index (χ4n) is 1.53. The molecule has 0 spiro atoms. The van der Waals surface area contributed by atoms with Crippen molar-refractivity contribution < 1.29 is 4.74 Å². The summed E-state index contributed by atoms with van der Waals surface area (Å²) in [6, 6.07) is 3.82. The van der Waals surface area contributed by atoms with E-state index in [0.717, 1.165) is 22.2 Å². The van der Waals surface area contributed by atoms with Crippen LogP contribution in [0, 0.1) is 6.92 Å². The molecular formula is C10H12N4O. The lowest BCUT2D eigenvalue weighted by Gasteiger charge is -2.08. The van der Waals surface area contributed by atoms with Crippen molar-refractivity contribution in [2.24, 2.45) is 5.84 Å². The first-order valence-electron chi connectivity index (χ1n) is 4.52. The molecule has 15 heavy (non-hydrogen) atoms. The molecular weight excluding hydrogens is 192 g/mol. The second-order valence-corrected chi connectivity index (χ2v) is 3.21. The molecule has 0 aliphatic heterocycles. The number of ether oxygens (including phenoxy) is 1. The predicted molar refractivity (Wildman–Crippen MR) is 58.6 cm³/mol. The van der Waals surface area contributed by atoms with Gasteiger partial charge in [0.2, 0.25) is 0 Å². The second kappa shape index (κ2) is 3.70. The summed E-state index contributed by atoms with van der Waals surface area (Å²) >= 11 is 0. The third kappa shape index (κ3) is 1.57. The molecule has 1 aromatic carbocycles.